The molecule has 2 heterocycles. The summed E-state index contributed by atoms with van der Waals surface area (Å²) in [6, 6.07) is 0. The Kier molecular flexibility index (Phi) is 3.52. The van der Waals surface area contributed by atoms with Gasteiger partial charge in [0, 0.05) is 11.4 Å². The quantitative estimate of drug-likeness (QED) is 0.843. The zero-order valence-electron chi connectivity index (χ0n) is 10.2. The molecule has 0 aromatic carbocycles. The average molecular weight is 263 g/mol. The Bertz CT molecular complexity index is 573. The van der Waals surface area contributed by atoms with Gasteiger partial charge in [-0.1, -0.05) is 6.08 Å². The number of aryl methyl sites for hydroxylation is 1. The maximum Gasteiger partial charge on any atom is 0.254 e. The highest BCUT2D eigenvalue weighted by Crippen LogP contribution is 2.29. The molecule has 1 N–H and O–H groups in total. The molecular formula is C11H13N5OS. The molecule has 94 valence electrons. The van der Waals surface area contributed by atoms with E-state index >= 15 is 0 Å². The van der Waals surface area contributed by atoms with Gasteiger partial charge in [0.05, 0.1) is 5.56 Å². The minimum absolute atomic E-state index is 0.137. The molecule has 0 fully saturated rings. The second-order valence-electron chi connectivity index (χ2n) is 3.72. The van der Waals surface area contributed by atoms with Gasteiger partial charge in [-0.2, -0.15) is 4.68 Å². The molecule has 6 nitrogen and oxygen atoms in total. The van der Waals surface area contributed by atoms with E-state index in [4.69, 9.17) is 0 Å². The lowest BCUT2D eigenvalue weighted by atomic mass is 10.1. The van der Waals surface area contributed by atoms with Crippen LogP contribution in [0.1, 0.15) is 20.8 Å². The normalized spacial score (nSPS) is 10.3. The summed E-state index contributed by atoms with van der Waals surface area (Å²) in [7, 11) is 0. The first-order valence-electron chi connectivity index (χ1n) is 5.37. The third-order valence-electron chi connectivity index (χ3n) is 2.56. The molecule has 0 saturated heterocycles. The maximum absolute atomic E-state index is 12.1. The summed E-state index contributed by atoms with van der Waals surface area (Å²) in [6.07, 6.45) is 3.12. The SMILES string of the molecule is C=CCNC(=O)c1c(-n2cnnn2)sc(C)c1C. The summed E-state index contributed by atoms with van der Waals surface area (Å²) in [5.41, 5.74) is 1.57. The van der Waals surface area contributed by atoms with E-state index in [0.29, 0.717) is 12.1 Å². The van der Waals surface area contributed by atoms with E-state index in [2.05, 4.69) is 27.4 Å². The Morgan fingerprint density at radius 1 is 1.61 bits per heavy atom. The van der Waals surface area contributed by atoms with Crippen molar-refractivity contribution in [1.82, 2.24) is 25.5 Å². The molecule has 0 bridgehead atoms. The third kappa shape index (κ3) is 2.17. The molecular weight excluding hydrogens is 250 g/mol. The first-order valence-corrected chi connectivity index (χ1v) is 6.19. The summed E-state index contributed by atoms with van der Waals surface area (Å²) in [5, 5.41) is 14.5. The molecule has 0 spiro atoms. The van der Waals surface area contributed by atoms with Crippen molar-refractivity contribution in [2.24, 2.45) is 0 Å². The van der Waals surface area contributed by atoms with Crippen LogP contribution in [0.5, 0.6) is 0 Å². The number of thiophene rings is 1. The van der Waals surface area contributed by atoms with E-state index in [1.54, 1.807) is 6.08 Å². The van der Waals surface area contributed by atoms with Gasteiger partial charge in [-0.05, 0) is 29.8 Å². The molecule has 0 unspecified atom stereocenters. The highest BCUT2D eigenvalue weighted by molar-refractivity contribution is 7.15. The number of aromatic nitrogens is 4. The molecule has 0 atom stereocenters. The smallest absolute Gasteiger partial charge is 0.254 e. The second kappa shape index (κ2) is 5.09. The monoisotopic (exact) mass is 263 g/mol. The number of carbonyl (C=O) groups excluding carboxylic acids is 1. The van der Waals surface area contributed by atoms with Crippen molar-refractivity contribution in [3.63, 3.8) is 0 Å². The lowest BCUT2D eigenvalue weighted by molar-refractivity contribution is 0.0957. The van der Waals surface area contributed by atoms with Crippen LogP contribution in [0.3, 0.4) is 0 Å². The van der Waals surface area contributed by atoms with Crippen LogP contribution in [-0.2, 0) is 0 Å². The summed E-state index contributed by atoms with van der Waals surface area (Å²) < 4.78 is 1.51. The second-order valence-corrected chi connectivity index (χ2v) is 4.92. The van der Waals surface area contributed by atoms with Crippen LogP contribution in [0, 0.1) is 13.8 Å². The molecule has 18 heavy (non-hydrogen) atoms. The van der Waals surface area contributed by atoms with Crippen LogP contribution in [0.2, 0.25) is 0 Å². The fourth-order valence-electron chi connectivity index (χ4n) is 1.55. The van der Waals surface area contributed by atoms with E-state index < -0.39 is 0 Å². The van der Waals surface area contributed by atoms with Crippen molar-refractivity contribution in [1.29, 1.82) is 0 Å². The van der Waals surface area contributed by atoms with Gasteiger partial charge in [0.15, 0.2) is 0 Å². The van der Waals surface area contributed by atoms with Gasteiger partial charge in [0.25, 0.3) is 5.91 Å². The van der Waals surface area contributed by atoms with Crippen molar-refractivity contribution < 1.29 is 4.79 Å². The van der Waals surface area contributed by atoms with Crippen molar-refractivity contribution in [2.75, 3.05) is 6.54 Å². The van der Waals surface area contributed by atoms with Gasteiger partial charge >= 0.3 is 0 Å². The van der Waals surface area contributed by atoms with E-state index in [1.807, 2.05) is 13.8 Å². The summed E-state index contributed by atoms with van der Waals surface area (Å²) in [5.74, 6) is -0.137. The highest BCUT2D eigenvalue weighted by atomic mass is 32.1. The topological polar surface area (TPSA) is 72.7 Å². The molecule has 0 aliphatic carbocycles. The molecule has 0 radical (unpaired) electrons. The van der Waals surface area contributed by atoms with E-state index in [9.17, 15) is 4.79 Å². The van der Waals surface area contributed by atoms with Gasteiger partial charge in [-0.25, -0.2) is 0 Å². The number of carbonyl (C=O) groups is 1. The molecule has 0 aliphatic rings. The van der Waals surface area contributed by atoms with Crippen molar-refractivity contribution in [2.45, 2.75) is 13.8 Å². The largest absolute Gasteiger partial charge is 0.348 e. The van der Waals surface area contributed by atoms with Crippen LogP contribution in [0.4, 0.5) is 0 Å². The summed E-state index contributed by atoms with van der Waals surface area (Å²) >= 11 is 1.49. The Morgan fingerprint density at radius 3 is 3.00 bits per heavy atom. The fraction of sp³-hybridized carbons (Fsp3) is 0.273. The first kappa shape index (κ1) is 12.4. The highest BCUT2D eigenvalue weighted by Gasteiger charge is 2.20. The zero-order valence-corrected chi connectivity index (χ0v) is 11.0. The molecule has 2 rings (SSSR count). The maximum atomic E-state index is 12.1. The van der Waals surface area contributed by atoms with Crippen molar-refractivity contribution >= 4 is 17.2 Å². The molecule has 7 heteroatoms. The molecule has 0 aliphatic heterocycles. The number of nitrogens with one attached hydrogen (secondary N) is 1. The molecule has 0 saturated carbocycles. The van der Waals surface area contributed by atoms with Gasteiger partial charge in [-0.15, -0.1) is 23.0 Å². The lowest BCUT2D eigenvalue weighted by Crippen LogP contribution is -2.24. The molecule has 1 amide bonds. The molecule has 2 aromatic heterocycles. The van der Waals surface area contributed by atoms with Crippen LogP contribution >= 0.6 is 11.3 Å². The summed E-state index contributed by atoms with van der Waals surface area (Å²) in [4.78, 5) is 13.2. The Labute approximate surface area is 108 Å². The molecule has 2 aromatic rings. The predicted octanol–water partition coefficient (Wildman–Crippen LogP) is 1.26. The Balaban J connectivity index is 2.45. The minimum atomic E-state index is -0.137. The predicted molar refractivity (Wildman–Crippen MR) is 69.0 cm³/mol. The first-order chi connectivity index (χ1) is 8.65. The zero-order chi connectivity index (χ0) is 13.1. The van der Waals surface area contributed by atoms with Gasteiger partial charge in [0.1, 0.15) is 11.3 Å². The van der Waals surface area contributed by atoms with Crippen LogP contribution in [0.25, 0.3) is 5.00 Å². The van der Waals surface area contributed by atoms with Gasteiger partial charge in [0.2, 0.25) is 0 Å². The van der Waals surface area contributed by atoms with E-state index in [0.717, 1.165) is 15.4 Å². The average Bonchev–Trinajstić information content (AvgIpc) is 2.96. The van der Waals surface area contributed by atoms with Crippen molar-refractivity contribution in [3.05, 3.63) is 35.0 Å². The number of hydrogen-bond acceptors (Lipinski definition) is 5. The standard InChI is InChI=1S/C11H13N5OS/c1-4-5-12-10(17)9-7(2)8(3)18-11(9)16-6-13-14-15-16/h4,6H,1,5H2,2-3H3,(H,12,17). The number of rotatable bonds is 4. The third-order valence-corrected chi connectivity index (χ3v) is 3.75. The summed E-state index contributed by atoms with van der Waals surface area (Å²) in [6.45, 7) is 7.90. The Morgan fingerprint density at radius 2 is 2.39 bits per heavy atom. The minimum Gasteiger partial charge on any atom is -0.348 e. The lowest BCUT2D eigenvalue weighted by Gasteiger charge is -2.04. The number of nitrogens with zero attached hydrogens (tertiary/aromatic N) is 4. The number of tetrazole rings is 1. The van der Waals surface area contributed by atoms with Gasteiger partial charge in [-0.3, -0.25) is 4.79 Å². The van der Waals surface area contributed by atoms with Gasteiger partial charge < -0.3 is 5.32 Å². The Hall–Kier alpha value is -2.02. The fourth-order valence-corrected chi connectivity index (χ4v) is 2.62. The van der Waals surface area contributed by atoms with Crippen LogP contribution in [-0.4, -0.2) is 32.7 Å². The van der Waals surface area contributed by atoms with Crippen LogP contribution < -0.4 is 5.32 Å². The number of amides is 1. The number of hydrogen-bond donors (Lipinski definition) is 1. The van der Waals surface area contributed by atoms with E-state index in [-0.39, 0.29) is 5.91 Å². The van der Waals surface area contributed by atoms with Crippen molar-refractivity contribution in [3.8, 4) is 5.00 Å². The van der Waals surface area contributed by atoms with Crippen LogP contribution in [0.15, 0.2) is 19.0 Å². The van der Waals surface area contributed by atoms with E-state index in [1.165, 1.54) is 22.3 Å².